The van der Waals surface area contributed by atoms with Crippen molar-refractivity contribution in [3.8, 4) is 0 Å². The molecule has 20 heavy (non-hydrogen) atoms. The molecule has 116 valence electrons. The van der Waals surface area contributed by atoms with Crippen molar-refractivity contribution in [1.82, 2.24) is 10.2 Å². The first-order valence-electron chi connectivity index (χ1n) is 7.90. The van der Waals surface area contributed by atoms with Crippen LogP contribution < -0.4 is 5.32 Å². The zero-order chi connectivity index (χ0) is 14.4. The van der Waals surface area contributed by atoms with Crippen LogP contribution >= 0.6 is 0 Å². The maximum atomic E-state index is 12.3. The van der Waals surface area contributed by atoms with Gasteiger partial charge in [-0.2, -0.15) is 0 Å². The molecule has 0 bridgehead atoms. The number of nitrogens with one attached hydrogen (secondary N) is 1. The Kier molecular flexibility index (Phi) is 6.10. The van der Waals surface area contributed by atoms with Gasteiger partial charge < -0.3 is 19.7 Å². The molecule has 2 atom stereocenters. The quantitative estimate of drug-likeness (QED) is 0.840. The number of urea groups is 1. The van der Waals surface area contributed by atoms with Crippen molar-refractivity contribution in [3.63, 3.8) is 0 Å². The van der Waals surface area contributed by atoms with Gasteiger partial charge in [-0.25, -0.2) is 4.79 Å². The first-order valence-corrected chi connectivity index (χ1v) is 7.90. The van der Waals surface area contributed by atoms with E-state index in [0.29, 0.717) is 38.3 Å². The predicted molar refractivity (Wildman–Crippen MR) is 77.8 cm³/mol. The minimum atomic E-state index is 0.0527. The summed E-state index contributed by atoms with van der Waals surface area (Å²) in [6.45, 7) is 7.95. The highest BCUT2D eigenvalue weighted by Crippen LogP contribution is 2.17. The molecule has 5 nitrogen and oxygen atoms in total. The summed E-state index contributed by atoms with van der Waals surface area (Å²) in [5.74, 6) is 0.573. The maximum absolute atomic E-state index is 12.3. The molecule has 0 aromatic rings. The van der Waals surface area contributed by atoms with Gasteiger partial charge in [-0.1, -0.05) is 13.8 Å². The number of morpholine rings is 1. The predicted octanol–water partition coefficient (Wildman–Crippen LogP) is 2.01. The molecule has 0 radical (unpaired) electrons. The van der Waals surface area contributed by atoms with Crippen LogP contribution in [0, 0.1) is 5.92 Å². The fourth-order valence-corrected chi connectivity index (χ4v) is 2.98. The smallest absolute Gasteiger partial charge is 0.317 e. The van der Waals surface area contributed by atoms with Crippen LogP contribution in [-0.2, 0) is 9.47 Å². The SMILES string of the molecule is CC(C)C[C@@H]1COCCN1C(=O)NCC[C@H]1CCCO1. The third kappa shape index (κ3) is 4.63. The van der Waals surface area contributed by atoms with E-state index in [1.807, 2.05) is 4.90 Å². The summed E-state index contributed by atoms with van der Waals surface area (Å²) in [5, 5.41) is 3.03. The second-order valence-corrected chi connectivity index (χ2v) is 6.21. The van der Waals surface area contributed by atoms with Gasteiger partial charge in [-0.05, 0) is 31.6 Å². The van der Waals surface area contributed by atoms with Crippen LogP contribution in [0.3, 0.4) is 0 Å². The topological polar surface area (TPSA) is 50.8 Å². The lowest BCUT2D eigenvalue weighted by Crippen LogP contribution is -2.53. The lowest BCUT2D eigenvalue weighted by molar-refractivity contribution is 0.00538. The molecule has 1 N–H and O–H groups in total. The Balaban J connectivity index is 1.73. The van der Waals surface area contributed by atoms with Crippen molar-refractivity contribution in [2.75, 3.05) is 32.9 Å². The van der Waals surface area contributed by atoms with Crippen LogP contribution in [0.4, 0.5) is 4.79 Å². The highest BCUT2D eigenvalue weighted by molar-refractivity contribution is 5.74. The Morgan fingerprint density at radius 2 is 2.25 bits per heavy atom. The van der Waals surface area contributed by atoms with Crippen LogP contribution in [0.25, 0.3) is 0 Å². The number of hydrogen-bond donors (Lipinski definition) is 1. The van der Waals surface area contributed by atoms with E-state index in [1.165, 1.54) is 0 Å². The van der Waals surface area contributed by atoms with E-state index in [0.717, 1.165) is 32.3 Å². The van der Waals surface area contributed by atoms with Crippen molar-refractivity contribution in [3.05, 3.63) is 0 Å². The zero-order valence-corrected chi connectivity index (χ0v) is 12.8. The highest BCUT2D eigenvalue weighted by Gasteiger charge is 2.27. The summed E-state index contributed by atoms with van der Waals surface area (Å²) in [6.07, 6.45) is 4.54. The Morgan fingerprint density at radius 3 is 2.95 bits per heavy atom. The number of rotatable bonds is 5. The molecular formula is C15H28N2O3. The van der Waals surface area contributed by atoms with Crippen molar-refractivity contribution >= 4 is 6.03 Å². The fraction of sp³-hybridized carbons (Fsp3) is 0.933. The van der Waals surface area contributed by atoms with E-state index in [9.17, 15) is 4.79 Å². The van der Waals surface area contributed by atoms with Gasteiger partial charge in [0, 0.05) is 19.7 Å². The largest absolute Gasteiger partial charge is 0.378 e. The van der Waals surface area contributed by atoms with Crippen molar-refractivity contribution < 1.29 is 14.3 Å². The van der Waals surface area contributed by atoms with E-state index in [1.54, 1.807) is 0 Å². The van der Waals surface area contributed by atoms with Crippen molar-refractivity contribution in [1.29, 1.82) is 0 Å². The molecule has 0 aliphatic carbocycles. The third-order valence-electron chi connectivity index (χ3n) is 4.00. The molecule has 0 spiro atoms. The fourth-order valence-electron chi connectivity index (χ4n) is 2.98. The Hall–Kier alpha value is -0.810. The summed E-state index contributed by atoms with van der Waals surface area (Å²) in [5.41, 5.74) is 0. The lowest BCUT2D eigenvalue weighted by Gasteiger charge is -2.36. The highest BCUT2D eigenvalue weighted by atomic mass is 16.5. The number of carbonyl (C=O) groups is 1. The summed E-state index contributed by atoms with van der Waals surface area (Å²) >= 11 is 0. The zero-order valence-electron chi connectivity index (χ0n) is 12.8. The average Bonchev–Trinajstić information content (AvgIpc) is 2.91. The summed E-state index contributed by atoms with van der Waals surface area (Å²) in [7, 11) is 0. The van der Waals surface area contributed by atoms with Gasteiger partial charge >= 0.3 is 6.03 Å². The van der Waals surface area contributed by atoms with Crippen LogP contribution in [0.15, 0.2) is 0 Å². The summed E-state index contributed by atoms with van der Waals surface area (Å²) < 4.78 is 11.1. The van der Waals surface area contributed by atoms with Gasteiger partial charge in [0.25, 0.3) is 0 Å². The molecule has 2 aliphatic heterocycles. The number of carbonyl (C=O) groups excluding carboxylic acids is 1. The van der Waals surface area contributed by atoms with Crippen LogP contribution in [0.5, 0.6) is 0 Å². The second-order valence-electron chi connectivity index (χ2n) is 6.21. The van der Waals surface area contributed by atoms with Gasteiger partial charge in [0.2, 0.25) is 0 Å². The molecule has 5 heteroatoms. The molecule has 2 amide bonds. The van der Waals surface area contributed by atoms with E-state index in [4.69, 9.17) is 9.47 Å². The van der Waals surface area contributed by atoms with Crippen LogP contribution in [0.1, 0.15) is 39.5 Å². The minimum absolute atomic E-state index is 0.0527. The average molecular weight is 284 g/mol. The molecular weight excluding hydrogens is 256 g/mol. The van der Waals surface area contributed by atoms with Gasteiger partial charge in [-0.3, -0.25) is 0 Å². The second kappa shape index (κ2) is 7.84. The normalized spacial score (nSPS) is 27.1. The number of hydrogen-bond acceptors (Lipinski definition) is 3. The van der Waals surface area contributed by atoms with E-state index >= 15 is 0 Å². The van der Waals surface area contributed by atoms with Gasteiger partial charge in [0.1, 0.15) is 0 Å². The van der Waals surface area contributed by atoms with Gasteiger partial charge in [0.15, 0.2) is 0 Å². The molecule has 2 rings (SSSR count). The first kappa shape index (κ1) is 15.6. The van der Waals surface area contributed by atoms with E-state index in [-0.39, 0.29) is 12.1 Å². The van der Waals surface area contributed by atoms with Crippen molar-refractivity contribution in [2.45, 2.75) is 51.7 Å². The maximum Gasteiger partial charge on any atom is 0.317 e. The lowest BCUT2D eigenvalue weighted by atomic mass is 10.0. The van der Waals surface area contributed by atoms with Crippen LogP contribution in [-0.4, -0.2) is 56.0 Å². The number of ether oxygens (including phenoxy) is 2. The molecule has 0 aromatic heterocycles. The minimum Gasteiger partial charge on any atom is -0.378 e. The van der Waals surface area contributed by atoms with Gasteiger partial charge in [-0.15, -0.1) is 0 Å². The molecule has 2 fully saturated rings. The standard InChI is InChI=1S/C15H28N2O3/c1-12(2)10-13-11-19-9-7-17(13)15(18)16-6-5-14-4-3-8-20-14/h12-14H,3-11H2,1-2H3,(H,16,18)/t13-,14-/m1/s1. The van der Waals surface area contributed by atoms with E-state index in [2.05, 4.69) is 19.2 Å². The Bertz CT molecular complexity index is 303. The molecule has 2 aliphatic rings. The number of nitrogens with zero attached hydrogens (tertiary/aromatic N) is 1. The molecule has 2 heterocycles. The third-order valence-corrected chi connectivity index (χ3v) is 4.00. The summed E-state index contributed by atoms with van der Waals surface area (Å²) in [4.78, 5) is 14.2. The van der Waals surface area contributed by atoms with Crippen LogP contribution in [0.2, 0.25) is 0 Å². The monoisotopic (exact) mass is 284 g/mol. The first-order chi connectivity index (χ1) is 9.66. The van der Waals surface area contributed by atoms with Gasteiger partial charge in [0.05, 0.1) is 25.4 Å². The van der Waals surface area contributed by atoms with Crippen molar-refractivity contribution in [2.24, 2.45) is 5.92 Å². The molecule has 0 saturated carbocycles. The Labute approximate surface area is 122 Å². The van der Waals surface area contributed by atoms with E-state index < -0.39 is 0 Å². The molecule has 0 aromatic carbocycles. The molecule has 0 unspecified atom stereocenters. The Morgan fingerprint density at radius 1 is 1.40 bits per heavy atom. The molecule has 2 saturated heterocycles. The summed E-state index contributed by atoms with van der Waals surface area (Å²) in [6, 6.07) is 0.267. The number of amides is 2.